The molecule has 2 fully saturated rings. The minimum absolute atomic E-state index is 0.159. The van der Waals surface area contributed by atoms with Crippen LogP contribution in [0.3, 0.4) is 0 Å². The van der Waals surface area contributed by atoms with E-state index in [2.05, 4.69) is 21.1 Å². The first kappa shape index (κ1) is 25.0. The molecule has 192 valence electrons. The minimum atomic E-state index is -0.622. The highest BCUT2D eigenvalue weighted by atomic mass is 35.5. The van der Waals surface area contributed by atoms with Gasteiger partial charge >= 0.3 is 0 Å². The first-order chi connectivity index (χ1) is 17.3. The Labute approximate surface area is 216 Å². The van der Waals surface area contributed by atoms with Gasteiger partial charge in [0.15, 0.2) is 5.82 Å². The number of aliphatic hydroxyl groups excluding tert-OH is 1. The summed E-state index contributed by atoms with van der Waals surface area (Å²) in [6, 6.07) is 5.73. The van der Waals surface area contributed by atoms with Crippen LogP contribution in [0.15, 0.2) is 22.7 Å². The number of rotatable bonds is 9. The van der Waals surface area contributed by atoms with Crippen molar-refractivity contribution in [2.45, 2.75) is 45.8 Å². The third kappa shape index (κ3) is 4.80. The largest absolute Gasteiger partial charge is 0.491 e. The Kier molecular flexibility index (Phi) is 6.91. The smallest absolute Gasteiger partial charge is 0.163 e. The maximum Gasteiger partial charge on any atom is 0.163 e. The van der Waals surface area contributed by atoms with Gasteiger partial charge in [0, 0.05) is 36.8 Å². The van der Waals surface area contributed by atoms with Crippen LogP contribution in [0.1, 0.15) is 29.9 Å². The van der Waals surface area contributed by atoms with E-state index < -0.39 is 6.10 Å². The average molecular weight is 513 g/mol. The number of aromatic nitrogens is 3. The summed E-state index contributed by atoms with van der Waals surface area (Å²) in [6.07, 6.45) is 1.63. The van der Waals surface area contributed by atoms with Crippen LogP contribution in [0, 0.1) is 26.2 Å². The SMILES string of the molecule is CNCC(O)COc1ccc(Cl)c(-c2nc(NC3CC4(CNC4)C3)c(C)c(-c3c(C)noc3C)n2)c1. The molecule has 36 heavy (non-hydrogen) atoms. The van der Waals surface area contributed by atoms with Crippen molar-refractivity contribution in [3.63, 3.8) is 0 Å². The molecule has 2 aliphatic rings. The van der Waals surface area contributed by atoms with E-state index in [0.717, 1.165) is 54.3 Å². The highest BCUT2D eigenvalue weighted by Crippen LogP contribution is 2.46. The van der Waals surface area contributed by atoms with Crippen LogP contribution in [0.4, 0.5) is 5.82 Å². The van der Waals surface area contributed by atoms with Crippen LogP contribution in [0.25, 0.3) is 22.6 Å². The van der Waals surface area contributed by atoms with E-state index in [4.69, 9.17) is 30.8 Å². The monoisotopic (exact) mass is 512 g/mol. The van der Waals surface area contributed by atoms with Crippen LogP contribution >= 0.6 is 11.6 Å². The van der Waals surface area contributed by atoms with Crippen molar-refractivity contribution in [2.75, 3.05) is 38.6 Å². The summed E-state index contributed by atoms with van der Waals surface area (Å²) < 4.78 is 11.3. The number of anilines is 1. The van der Waals surface area contributed by atoms with Gasteiger partial charge in [-0.25, -0.2) is 9.97 Å². The molecule has 1 atom stereocenters. The molecular formula is C26H33ClN6O3. The zero-order valence-corrected chi connectivity index (χ0v) is 21.9. The molecule has 10 heteroatoms. The van der Waals surface area contributed by atoms with Crippen molar-refractivity contribution in [1.82, 2.24) is 25.8 Å². The van der Waals surface area contributed by atoms with Crippen molar-refractivity contribution >= 4 is 17.4 Å². The van der Waals surface area contributed by atoms with E-state index in [0.29, 0.717) is 45.9 Å². The highest BCUT2D eigenvalue weighted by Gasteiger charge is 2.48. The molecular weight excluding hydrogens is 480 g/mol. The van der Waals surface area contributed by atoms with E-state index in [1.54, 1.807) is 19.2 Å². The van der Waals surface area contributed by atoms with Gasteiger partial charge in [0.2, 0.25) is 0 Å². The van der Waals surface area contributed by atoms with Crippen molar-refractivity contribution < 1.29 is 14.4 Å². The number of halogens is 1. The van der Waals surface area contributed by atoms with Crippen LogP contribution in [-0.4, -0.2) is 65.7 Å². The second kappa shape index (κ2) is 9.97. The molecule has 1 saturated heterocycles. The number of likely N-dealkylation sites (N-methyl/N-ethyl adjacent to an activating group) is 1. The van der Waals surface area contributed by atoms with Gasteiger partial charge in [0.25, 0.3) is 0 Å². The van der Waals surface area contributed by atoms with Crippen LogP contribution in [0.5, 0.6) is 5.75 Å². The van der Waals surface area contributed by atoms with E-state index in [-0.39, 0.29) is 6.61 Å². The van der Waals surface area contributed by atoms with Gasteiger partial charge in [-0.2, -0.15) is 0 Å². The van der Waals surface area contributed by atoms with Crippen LogP contribution < -0.4 is 20.7 Å². The molecule has 5 rings (SSSR count). The normalized spacial score (nSPS) is 17.5. The van der Waals surface area contributed by atoms with Crippen LogP contribution in [-0.2, 0) is 0 Å². The van der Waals surface area contributed by atoms with Gasteiger partial charge in [0.1, 0.15) is 30.0 Å². The number of nitrogens with zero attached hydrogens (tertiary/aromatic N) is 3. The zero-order chi connectivity index (χ0) is 25.4. The Morgan fingerprint density at radius 3 is 2.67 bits per heavy atom. The van der Waals surface area contributed by atoms with Gasteiger partial charge in [-0.1, -0.05) is 16.8 Å². The van der Waals surface area contributed by atoms with E-state index in [9.17, 15) is 5.11 Å². The van der Waals surface area contributed by atoms with Gasteiger partial charge in [0.05, 0.1) is 22.0 Å². The Hall–Kier alpha value is -2.72. The zero-order valence-electron chi connectivity index (χ0n) is 21.1. The van der Waals surface area contributed by atoms with E-state index in [1.807, 2.05) is 26.8 Å². The quantitative estimate of drug-likeness (QED) is 0.341. The lowest BCUT2D eigenvalue weighted by molar-refractivity contribution is 0.0469. The Balaban J connectivity index is 1.51. The molecule has 2 aromatic heterocycles. The number of aryl methyl sites for hydroxylation is 2. The summed E-state index contributed by atoms with van der Waals surface area (Å²) in [5, 5.41) is 24.7. The first-order valence-electron chi connectivity index (χ1n) is 12.3. The third-order valence-electron chi connectivity index (χ3n) is 7.18. The average Bonchev–Trinajstić information content (AvgIpc) is 3.13. The molecule has 4 N–H and O–H groups in total. The fraction of sp³-hybridized carbons (Fsp3) is 0.500. The molecule has 0 amide bonds. The number of hydrogen-bond donors (Lipinski definition) is 4. The molecule has 1 saturated carbocycles. The summed E-state index contributed by atoms with van der Waals surface area (Å²) in [5.41, 5.74) is 4.45. The van der Waals surface area contributed by atoms with Crippen molar-refractivity contribution in [3.8, 4) is 28.4 Å². The molecule has 3 heterocycles. The van der Waals surface area contributed by atoms with E-state index in [1.165, 1.54) is 0 Å². The molecule has 1 aliphatic heterocycles. The van der Waals surface area contributed by atoms with Gasteiger partial charge in [-0.15, -0.1) is 0 Å². The summed E-state index contributed by atoms with van der Waals surface area (Å²) in [6.45, 7) is 8.61. The second-order valence-corrected chi connectivity index (χ2v) is 10.5. The minimum Gasteiger partial charge on any atom is -0.491 e. The summed E-state index contributed by atoms with van der Waals surface area (Å²) in [4.78, 5) is 9.86. The summed E-state index contributed by atoms with van der Waals surface area (Å²) >= 11 is 6.63. The molecule has 1 aromatic carbocycles. The van der Waals surface area contributed by atoms with Crippen molar-refractivity contribution in [2.24, 2.45) is 5.41 Å². The summed E-state index contributed by atoms with van der Waals surface area (Å²) in [5.74, 6) is 2.56. The van der Waals surface area contributed by atoms with E-state index >= 15 is 0 Å². The Morgan fingerprint density at radius 2 is 2.03 bits per heavy atom. The molecule has 9 nitrogen and oxygen atoms in total. The number of benzene rings is 1. The molecule has 1 spiro atoms. The lowest BCUT2D eigenvalue weighted by atomic mass is 9.61. The highest BCUT2D eigenvalue weighted by molar-refractivity contribution is 6.33. The molecule has 3 aromatic rings. The number of aliphatic hydroxyl groups is 1. The number of hydrogen-bond acceptors (Lipinski definition) is 9. The maximum absolute atomic E-state index is 10.0. The maximum atomic E-state index is 10.0. The topological polar surface area (TPSA) is 117 Å². The lowest BCUT2D eigenvalue weighted by Crippen LogP contribution is -2.63. The van der Waals surface area contributed by atoms with Crippen LogP contribution in [0.2, 0.25) is 5.02 Å². The Morgan fingerprint density at radius 1 is 1.25 bits per heavy atom. The predicted octanol–water partition coefficient (Wildman–Crippen LogP) is 3.50. The first-order valence-corrected chi connectivity index (χ1v) is 12.7. The third-order valence-corrected chi connectivity index (χ3v) is 7.51. The standard InChI is InChI=1S/C26H33ClN6O3/c1-14-23(22-15(2)33-36-16(22)3)31-25(32-24(14)30-17-8-26(9-17)12-29-13-26)20-7-19(5-6-21(20)27)35-11-18(34)10-28-4/h5-7,17-18,28-29,34H,8-13H2,1-4H3,(H,30,31,32). The second-order valence-electron chi connectivity index (χ2n) is 10.1. The molecule has 1 unspecified atom stereocenters. The lowest BCUT2D eigenvalue weighted by Gasteiger charge is -2.54. The predicted molar refractivity (Wildman–Crippen MR) is 140 cm³/mol. The number of nitrogens with one attached hydrogen (secondary N) is 3. The van der Waals surface area contributed by atoms with Crippen molar-refractivity contribution in [1.29, 1.82) is 0 Å². The molecule has 1 aliphatic carbocycles. The van der Waals surface area contributed by atoms with Crippen molar-refractivity contribution in [3.05, 3.63) is 40.2 Å². The van der Waals surface area contributed by atoms with Gasteiger partial charge < -0.3 is 30.3 Å². The fourth-order valence-electron chi connectivity index (χ4n) is 5.14. The number of ether oxygens (including phenoxy) is 1. The molecule has 0 bridgehead atoms. The molecule has 0 radical (unpaired) electrons. The fourth-order valence-corrected chi connectivity index (χ4v) is 5.34. The van der Waals surface area contributed by atoms with Gasteiger partial charge in [-0.05, 0) is 64.3 Å². The summed E-state index contributed by atoms with van der Waals surface area (Å²) in [7, 11) is 1.78. The Bertz CT molecular complexity index is 1230. The van der Waals surface area contributed by atoms with Gasteiger partial charge in [-0.3, -0.25) is 0 Å².